The molecule has 2 aromatic carbocycles. The van der Waals surface area contributed by atoms with E-state index in [0.717, 1.165) is 12.1 Å². The number of hydrogen-bond acceptors (Lipinski definition) is 2. The number of rotatable bonds is 4. The third-order valence-corrected chi connectivity index (χ3v) is 4.22. The van der Waals surface area contributed by atoms with Crippen LogP contribution in [0.4, 0.5) is 5.69 Å². The number of fused-ring (bicyclic) bond motifs is 1. The number of amides is 1. The van der Waals surface area contributed by atoms with Crippen molar-refractivity contribution in [1.82, 2.24) is 0 Å². The molecular formula is C18H18ClNO2. The highest BCUT2D eigenvalue weighted by molar-refractivity contribution is 6.32. The molecule has 0 aromatic heterocycles. The van der Waals surface area contributed by atoms with Crippen molar-refractivity contribution in [2.45, 2.75) is 25.9 Å². The van der Waals surface area contributed by atoms with E-state index in [2.05, 4.69) is 6.07 Å². The minimum Gasteiger partial charge on any atom is -0.479 e. The number of nitrogens with zero attached hydrogens (tertiary/aromatic N) is 1. The maximum Gasteiger partial charge on any atom is 0.268 e. The maximum atomic E-state index is 12.8. The van der Waals surface area contributed by atoms with Crippen LogP contribution in [0, 0.1) is 0 Å². The van der Waals surface area contributed by atoms with Crippen molar-refractivity contribution in [3.05, 3.63) is 59.1 Å². The number of hydrogen-bond donors (Lipinski definition) is 0. The Hall–Kier alpha value is -2.00. The summed E-state index contributed by atoms with van der Waals surface area (Å²) in [6.45, 7) is 2.65. The first-order valence-corrected chi connectivity index (χ1v) is 7.89. The first-order chi connectivity index (χ1) is 10.7. The summed E-state index contributed by atoms with van der Waals surface area (Å²) in [6, 6.07) is 15.3. The molecule has 114 valence electrons. The van der Waals surface area contributed by atoms with Gasteiger partial charge in [0.1, 0.15) is 5.75 Å². The molecule has 1 unspecified atom stereocenters. The van der Waals surface area contributed by atoms with Gasteiger partial charge in [-0.2, -0.15) is 0 Å². The van der Waals surface area contributed by atoms with Crippen molar-refractivity contribution in [2.24, 2.45) is 0 Å². The van der Waals surface area contributed by atoms with E-state index in [1.807, 2.05) is 42.2 Å². The molecule has 1 atom stereocenters. The predicted octanol–water partition coefficient (Wildman–Crippen LogP) is 4.09. The molecule has 0 saturated heterocycles. The van der Waals surface area contributed by atoms with Gasteiger partial charge in [0.15, 0.2) is 6.10 Å². The maximum absolute atomic E-state index is 12.8. The van der Waals surface area contributed by atoms with Crippen molar-refractivity contribution < 1.29 is 9.53 Å². The summed E-state index contributed by atoms with van der Waals surface area (Å²) in [7, 11) is 0. The Kier molecular flexibility index (Phi) is 4.34. The molecule has 1 amide bonds. The van der Waals surface area contributed by atoms with E-state index in [0.29, 0.717) is 23.7 Å². The van der Waals surface area contributed by atoms with E-state index in [9.17, 15) is 4.79 Å². The van der Waals surface area contributed by atoms with Gasteiger partial charge in [0.05, 0.1) is 5.02 Å². The molecule has 0 fully saturated rings. The van der Waals surface area contributed by atoms with Gasteiger partial charge >= 0.3 is 0 Å². The molecular weight excluding hydrogens is 298 g/mol. The van der Waals surface area contributed by atoms with Gasteiger partial charge in [0.2, 0.25) is 0 Å². The second-order valence-electron chi connectivity index (χ2n) is 5.31. The van der Waals surface area contributed by atoms with Crippen LogP contribution >= 0.6 is 11.6 Å². The largest absolute Gasteiger partial charge is 0.479 e. The fraction of sp³-hybridized carbons (Fsp3) is 0.278. The smallest absolute Gasteiger partial charge is 0.268 e. The molecule has 0 bridgehead atoms. The molecule has 0 saturated carbocycles. The topological polar surface area (TPSA) is 29.5 Å². The molecule has 0 radical (unpaired) electrons. The monoisotopic (exact) mass is 315 g/mol. The van der Waals surface area contributed by atoms with Gasteiger partial charge < -0.3 is 9.64 Å². The Morgan fingerprint density at radius 3 is 2.73 bits per heavy atom. The van der Waals surface area contributed by atoms with Crippen molar-refractivity contribution >= 4 is 23.2 Å². The number of anilines is 1. The van der Waals surface area contributed by atoms with E-state index in [-0.39, 0.29) is 5.91 Å². The minimum atomic E-state index is -0.522. The Morgan fingerprint density at radius 2 is 1.95 bits per heavy atom. The zero-order chi connectivity index (χ0) is 15.5. The highest BCUT2D eigenvalue weighted by atomic mass is 35.5. The summed E-state index contributed by atoms with van der Waals surface area (Å²) in [5.41, 5.74) is 2.21. The summed E-state index contributed by atoms with van der Waals surface area (Å²) in [6.07, 6.45) is 0.971. The van der Waals surface area contributed by atoms with Crippen LogP contribution in [-0.4, -0.2) is 18.6 Å². The van der Waals surface area contributed by atoms with E-state index < -0.39 is 6.10 Å². The van der Waals surface area contributed by atoms with Gasteiger partial charge in [0.25, 0.3) is 5.91 Å². The van der Waals surface area contributed by atoms with Gasteiger partial charge in [-0.15, -0.1) is 0 Å². The average molecular weight is 316 g/mol. The average Bonchev–Trinajstić information content (AvgIpc) is 2.97. The van der Waals surface area contributed by atoms with Crippen LogP contribution in [0.2, 0.25) is 5.02 Å². The quantitative estimate of drug-likeness (QED) is 0.850. The first kappa shape index (κ1) is 14.9. The molecule has 1 aliphatic heterocycles. The van der Waals surface area contributed by atoms with Crippen molar-refractivity contribution in [2.75, 3.05) is 11.4 Å². The van der Waals surface area contributed by atoms with Gasteiger partial charge in [-0.3, -0.25) is 4.79 Å². The van der Waals surface area contributed by atoms with E-state index >= 15 is 0 Å². The number of carbonyl (C=O) groups is 1. The minimum absolute atomic E-state index is 0.00707. The molecule has 0 spiro atoms. The molecule has 1 aliphatic rings. The molecule has 22 heavy (non-hydrogen) atoms. The standard InChI is InChI=1S/C18H18ClNO2/c1-2-16(22-17-10-6-4-8-14(17)19)18(21)20-12-11-13-7-3-5-9-15(13)20/h3-10,16H,2,11-12H2,1H3. The lowest BCUT2D eigenvalue weighted by molar-refractivity contribution is -0.125. The Labute approximate surface area is 135 Å². The van der Waals surface area contributed by atoms with Crippen LogP contribution in [0.1, 0.15) is 18.9 Å². The van der Waals surface area contributed by atoms with Crippen LogP contribution in [0.25, 0.3) is 0 Å². The lowest BCUT2D eigenvalue weighted by atomic mass is 10.2. The molecule has 3 rings (SSSR count). The van der Waals surface area contributed by atoms with Gasteiger partial charge in [-0.25, -0.2) is 0 Å². The summed E-state index contributed by atoms with van der Waals surface area (Å²) < 4.78 is 5.86. The van der Waals surface area contributed by atoms with E-state index in [1.165, 1.54) is 5.56 Å². The SMILES string of the molecule is CCC(Oc1ccccc1Cl)C(=O)N1CCc2ccccc21. The van der Waals surface area contributed by atoms with E-state index in [4.69, 9.17) is 16.3 Å². The number of benzene rings is 2. The second kappa shape index (κ2) is 6.41. The van der Waals surface area contributed by atoms with Gasteiger partial charge in [-0.1, -0.05) is 48.9 Å². The number of halogens is 1. The van der Waals surface area contributed by atoms with Crippen molar-refractivity contribution in [3.8, 4) is 5.75 Å². The van der Waals surface area contributed by atoms with Crippen LogP contribution < -0.4 is 9.64 Å². The van der Waals surface area contributed by atoms with E-state index in [1.54, 1.807) is 12.1 Å². The fourth-order valence-electron chi connectivity index (χ4n) is 2.74. The molecule has 4 heteroatoms. The predicted molar refractivity (Wildman–Crippen MR) is 88.7 cm³/mol. The third kappa shape index (κ3) is 2.81. The second-order valence-corrected chi connectivity index (χ2v) is 5.72. The normalized spacial score (nSPS) is 14.5. The molecule has 2 aromatic rings. The molecule has 3 nitrogen and oxygen atoms in total. The van der Waals surface area contributed by atoms with Crippen LogP contribution in [-0.2, 0) is 11.2 Å². The number of carbonyl (C=O) groups excluding carboxylic acids is 1. The van der Waals surface area contributed by atoms with Crippen LogP contribution in [0.15, 0.2) is 48.5 Å². The van der Waals surface area contributed by atoms with Gasteiger partial charge in [0, 0.05) is 12.2 Å². The summed E-state index contributed by atoms with van der Waals surface area (Å²) in [5.74, 6) is 0.546. The third-order valence-electron chi connectivity index (χ3n) is 3.91. The van der Waals surface area contributed by atoms with Crippen LogP contribution in [0.3, 0.4) is 0 Å². The van der Waals surface area contributed by atoms with Crippen molar-refractivity contribution in [1.29, 1.82) is 0 Å². The lowest BCUT2D eigenvalue weighted by Gasteiger charge is -2.24. The van der Waals surface area contributed by atoms with Crippen LogP contribution in [0.5, 0.6) is 5.75 Å². The van der Waals surface area contributed by atoms with Crippen molar-refractivity contribution in [3.63, 3.8) is 0 Å². The molecule has 1 heterocycles. The van der Waals surface area contributed by atoms with Gasteiger partial charge in [-0.05, 0) is 36.6 Å². The molecule has 0 N–H and O–H groups in total. The zero-order valence-corrected chi connectivity index (χ0v) is 13.2. The molecule has 0 aliphatic carbocycles. The Morgan fingerprint density at radius 1 is 1.23 bits per heavy atom. The zero-order valence-electron chi connectivity index (χ0n) is 12.5. The highest BCUT2D eigenvalue weighted by Crippen LogP contribution is 2.30. The number of para-hydroxylation sites is 2. The number of ether oxygens (including phenoxy) is 1. The summed E-state index contributed by atoms with van der Waals surface area (Å²) >= 11 is 6.12. The summed E-state index contributed by atoms with van der Waals surface area (Å²) in [4.78, 5) is 14.6. The lowest BCUT2D eigenvalue weighted by Crippen LogP contribution is -2.41. The Balaban J connectivity index is 1.80. The Bertz CT molecular complexity index is 686. The summed E-state index contributed by atoms with van der Waals surface area (Å²) in [5, 5.41) is 0.524. The fourth-order valence-corrected chi connectivity index (χ4v) is 2.92. The first-order valence-electron chi connectivity index (χ1n) is 7.51. The highest BCUT2D eigenvalue weighted by Gasteiger charge is 2.30.